The Hall–Kier alpha value is -3.68. The Morgan fingerprint density at radius 3 is 2.73 bits per heavy atom. The summed E-state index contributed by atoms with van der Waals surface area (Å²) in [4.78, 5) is 39.7. The van der Waals surface area contributed by atoms with Crippen molar-refractivity contribution < 1.29 is 28.3 Å². The van der Waals surface area contributed by atoms with Crippen molar-refractivity contribution in [2.24, 2.45) is 0 Å². The first kappa shape index (κ1) is 17.2. The Balaban J connectivity index is 1.62. The number of nitrogens with zero attached hydrogens (tertiary/aromatic N) is 1. The van der Waals surface area contributed by atoms with E-state index < -0.39 is 24.5 Å². The van der Waals surface area contributed by atoms with Crippen molar-refractivity contribution in [1.82, 2.24) is 4.98 Å². The molecule has 8 heteroatoms. The molecule has 0 saturated carbocycles. The third kappa shape index (κ3) is 3.69. The van der Waals surface area contributed by atoms with Crippen LogP contribution in [0.3, 0.4) is 0 Å². The maximum Gasteiger partial charge on any atom is 0.339 e. The Kier molecular flexibility index (Phi) is 4.93. The number of amides is 1. The molecule has 8 nitrogen and oxygen atoms in total. The first-order valence-electron chi connectivity index (χ1n) is 7.56. The van der Waals surface area contributed by atoms with E-state index in [0.29, 0.717) is 11.1 Å². The minimum atomic E-state index is -0.675. The van der Waals surface area contributed by atoms with Gasteiger partial charge in [0.2, 0.25) is 0 Å². The van der Waals surface area contributed by atoms with Crippen molar-refractivity contribution in [2.75, 3.05) is 19.0 Å². The van der Waals surface area contributed by atoms with Gasteiger partial charge in [0.05, 0.1) is 23.9 Å². The predicted molar refractivity (Wildman–Crippen MR) is 90.7 cm³/mol. The van der Waals surface area contributed by atoms with E-state index in [1.807, 2.05) is 0 Å². The van der Waals surface area contributed by atoms with E-state index >= 15 is 0 Å². The molecule has 26 heavy (non-hydrogen) atoms. The lowest BCUT2D eigenvalue weighted by atomic mass is 10.2. The molecule has 0 unspecified atom stereocenters. The van der Waals surface area contributed by atoms with Crippen LogP contribution < -0.4 is 5.32 Å². The molecular weight excluding hydrogens is 340 g/mol. The highest BCUT2D eigenvalue weighted by molar-refractivity contribution is 6.02. The molecule has 2 aromatic carbocycles. The zero-order chi connectivity index (χ0) is 18.5. The summed E-state index contributed by atoms with van der Waals surface area (Å²) in [5, 5.41) is 2.51. The van der Waals surface area contributed by atoms with E-state index in [4.69, 9.17) is 9.15 Å². The van der Waals surface area contributed by atoms with Gasteiger partial charge in [-0.3, -0.25) is 4.79 Å². The summed E-state index contributed by atoms with van der Waals surface area (Å²) in [7, 11) is 1.24. The number of ether oxygens (including phenoxy) is 2. The SMILES string of the molecule is COC(=O)c1ccccc1NC(=O)COC(=O)c1ccc2ocnc2c1. The topological polar surface area (TPSA) is 108 Å². The summed E-state index contributed by atoms with van der Waals surface area (Å²) in [6.45, 7) is -0.509. The van der Waals surface area contributed by atoms with Gasteiger partial charge in [0.25, 0.3) is 5.91 Å². The number of anilines is 1. The molecule has 3 aromatic rings. The van der Waals surface area contributed by atoms with Crippen LogP contribution in [0.5, 0.6) is 0 Å². The van der Waals surface area contributed by atoms with Gasteiger partial charge in [-0.2, -0.15) is 0 Å². The minimum Gasteiger partial charge on any atom is -0.465 e. The monoisotopic (exact) mass is 354 g/mol. The summed E-state index contributed by atoms with van der Waals surface area (Å²) < 4.78 is 14.7. The van der Waals surface area contributed by atoms with Gasteiger partial charge in [-0.25, -0.2) is 14.6 Å². The van der Waals surface area contributed by atoms with Gasteiger partial charge in [0.1, 0.15) is 5.52 Å². The number of nitrogens with one attached hydrogen (secondary N) is 1. The summed E-state index contributed by atoms with van der Waals surface area (Å²) in [5.74, 6) is -1.85. The molecule has 1 amide bonds. The second kappa shape index (κ2) is 7.47. The fourth-order valence-electron chi connectivity index (χ4n) is 2.27. The first-order valence-corrected chi connectivity index (χ1v) is 7.56. The molecule has 0 fully saturated rings. The second-order valence-electron chi connectivity index (χ2n) is 5.20. The van der Waals surface area contributed by atoms with Crippen molar-refractivity contribution in [1.29, 1.82) is 0 Å². The fraction of sp³-hybridized carbons (Fsp3) is 0.111. The number of methoxy groups -OCH3 is 1. The first-order chi connectivity index (χ1) is 12.6. The molecule has 0 spiro atoms. The van der Waals surface area contributed by atoms with Crippen molar-refractivity contribution in [3.05, 3.63) is 60.0 Å². The van der Waals surface area contributed by atoms with Crippen LogP contribution in [0.25, 0.3) is 11.1 Å². The van der Waals surface area contributed by atoms with Crippen LogP contribution in [0.15, 0.2) is 53.3 Å². The number of para-hydroxylation sites is 1. The highest BCUT2D eigenvalue weighted by Crippen LogP contribution is 2.17. The average molecular weight is 354 g/mol. The van der Waals surface area contributed by atoms with Crippen molar-refractivity contribution in [2.45, 2.75) is 0 Å². The van der Waals surface area contributed by atoms with Gasteiger partial charge in [-0.1, -0.05) is 12.1 Å². The quantitative estimate of drug-likeness (QED) is 0.701. The zero-order valence-electron chi connectivity index (χ0n) is 13.7. The molecule has 0 bridgehead atoms. The lowest BCUT2D eigenvalue weighted by molar-refractivity contribution is -0.119. The van der Waals surface area contributed by atoms with Crippen molar-refractivity contribution >= 4 is 34.6 Å². The molecule has 0 saturated heterocycles. The summed E-state index contributed by atoms with van der Waals surface area (Å²) >= 11 is 0. The number of aromatic nitrogens is 1. The van der Waals surface area contributed by atoms with Gasteiger partial charge in [0.15, 0.2) is 18.6 Å². The zero-order valence-corrected chi connectivity index (χ0v) is 13.7. The molecule has 132 valence electrons. The average Bonchev–Trinajstić information content (AvgIpc) is 3.13. The molecule has 1 aromatic heterocycles. The maximum atomic E-state index is 12.1. The van der Waals surface area contributed by atoms with Gasteiger partial charge >= 0.3 is 11.9 Å². The van der Waals surface area contributed by atoms with Gasteiger partial charge in [-0.05, 0) is 30.3 Å². The van der Waals surface area contributed by atoms with E-state index in [9.17, 15) is 14.4 Å². The second-order valence-corrected chi connectivity index (χ2v) is 5.20. The molecular formula is C18H14N2O6. The molecule has 1 N–H and O–H groups in total. The van der Waals surface area contributed by atoms with Crippen LogP contribution in [0.4, 0.5) is 5.69 Å². The van der Waals surface area contributed by atoms with Crippen LogP contribution in [0.1, 0.15) is 20.7 Å². The van der Waals surface area contributed by atoms with E-state index in [0.717, 1.165) is 0 Å². The number of hydrogen-bond acceptors (Lipinski definition) is 7. The normalized spacial score (nSPS) is 10.3. The molecule has 0 radical (unpaired) electrons. The third-order valence-electron chi connectivity index (χ3n) is 3.51. The van der Waals surface area contributed by atoms with Gasteiger partial charge in [-0.15, -0.1) is 0 Å². The predicted octanol–water partition coefficient (Wildman–Crippen LogP) is 2.41. The Bertz CT molecular complexity index is 978. The van der Waals surface area contributed by atoms with Crippen LogP contribution in [0.2, 0.25) is 0 Å². The highest BCUT2D eigenvalue weighted by Gasteiger charge is 2.15. The molecule has 3 rings (SSSR count). The smallest absolute Gasteiger partial charge is 0.339 e. The van der Waals surface area contributed by atoms with Crippen LogP contribution in [0, 0.1) is 0 Å². The molecule has 0 atom stereocenters. The Morgan fingerprint density at radius 1 is 1.12 bits per heavy atom. The van der Waals surface area contributed by atoms with Crippen LogP contribution in [-0.4, -0.2) is 36.5 Å². The molecule has 0 aliphatic carbocycles. The van der Waals surface area contributed by atoms with Crippen molar-refractivity contribution in [3.8, 4) is 0 Å². The van der Waals surface area contributed by atoms with E-state index in [2.05, 4.69) is 15.0 Å². The summed E-state index contributed by atoms with van der Waals surface area (Å²) in [6.07, 6.45) is 1.27. The molecule has 0 aliphatic heterocycles. The Labute approximate surface area is 147 Å². The number of carbonyl (C=O) groups excluding carboxylic acids is 3. The van der Waals surface area contributed by atoms with E-state index in [-0.39, 0.29) is 16.8 Å². The number of benzene rings is 2. The van der Waals surface area contributed by atoms with Crippen LogP contribution in [-0.2, 0) is 14.3 Å². The minimum absolute atomic E-state index is 0.200. The summed E-state index contributed by atoms with van der Waals surface area (Å²) in [6, 6.07) is 11.0. The number of oxazole rings is 1. The lowest BCUT2D eigenvalue weighted by Gasteiger charge is -2.10. The molecule has 1 heterocycles. The highest BCUT2D eigenvalue weighted by atomic mass is 16.5. The van der Waals surface area contributed by atoms with E-state index in [1.54, 1.807) is 24.3 Å². The van der Waals surface area contributed by atoms with E-state index in [1.165, 1.54) is 31.7 Å². The summed E-state index contributed by atoms with van der Waals surface area (Å²) in [5.41, 5.74) is 1.76. The fourth-order valence-corrected chi connectivity index (χ4v) is 2.27. The third-order valence-corrected chi connectivity index (χ3v) is 3.51. The number of carbonyl (C=O) groups is 3. The number of rotatable bonds is 5. The van der Waals surface area contributed by atoms with Gasteiger partial charge in [0, 0.05) is 0 Å². The van der Waals surface area contributed by atoms with Crippen LogP contribution >= 0.6 is 0 Å². The van der Waals surface area contributed by atoms with Gasteiger partial charge < -0.3 is 19.2 Å². The van der Waals surface area contributed by atoms with Crippen molar-refractivity contribution in [3.63, 3.8) is 0 Å². The number of hydrogen-bond donors (Lipinski definition) is 1. The standard InChI is InChI=1S/C18H14N2O6/c1-24-18(23)12-4-2-3-5-13(12)20-16(21)9-25-17(22)11-6-7-15-14(8-11)19-10-26-15/h2-8,10H,9H2,1H3,(H,20,21). The number of fused-ring (bicyclic) bond motifs is 1. The maximum absolute atomic E-state index is 12.1. The lowest BCUT2D eigenvalue weighted by Crippen LogP contribution is -2.22. The molecule has 0 aliphatic rings. The number of esters is 2. The largest absolute Gasteiger partial charge is 0.465 e. The Morgan fingerprint density at radius 2 is 1.92 bits per heavy atom.